The minimum absolute atomic E-state index is 0.112. The molecule has 1 aromatic heterocycles. The topological polar surface area (TPSA) is 98.9 Å². The van der Waals surface area contributed by atoms with Crippen LogP contribution in [-0.4, -0.2) is 20.3 Å². The van der Waals surface area contributed by atoms with Gasteiger partial charge in [0.25, 0.3) is 5.91 Å². The van der Waals surface area contributed by atoms with E-state index in [4.69, 9.17) is 0 Å². The molecular weight excluding hydrogens is 395 g/mol. The van der Waals surface area contributed by atoms with Crippen LogP contribution in [-0.2, 0) is 11.0 Å². The van der Waals surface area contributed by atoms with Crippen LogP contribution in [0.15, 0.2) is 47.5 Å². The van der Waals surface area contributed by atoms with Crippen LogP contribution in [0.1, 0.15) is 22.2 Å². The standard InChI is InChI=1S/C17H12F3N5O2S/c18-10-6-9(7-11(19)15(10)20)22-17(26)8-1-2-12-14(5-8)28(27)25-16(23-12)13-3-4-21-24-13/h1-7,16,23,25H,(H,21,24)(H,22,26). The monoisotopic (exact) mass is 407 g/mol. The lowest BCUT2D eigenvalue weighted by atomic mass is 10.1. The van der Waals surface area contributed by atoms with Gasteiger partial charge >= 0.3 is 0 Å². The molecule has 0 radical (unpaired) electrons. The van der Waals surface area contributed by atoms with E-state index in [-0.39, 0.29) is 11.3 Å². The number of amides is 1. The Labute approximate surface area is 158 Å². The van der Waals surface area contributed by atoms with Gasteiger partial charge < -0.3 is 10.6 Å². The maximum Gasteiger partial charge on any atom is 0.255 e. The SMILES string of the molecule is O=C(Nc1cc(F)c(F)c(F)c1)c1ccc2c(c1)S(=O)NC(c1ccn[nH]1)N2. The van der Waals surface area contributed by atoms with Crippen LogP contribution in [0.5, 0.6) is 0 Å². The van der Waals surface area contributed by atoms with Crippen LogP contribution in [0.25, 0.3) is 0 Å². The number of aromatic amines is 1. The summed E-state index contributed by atoms with van der Waals surface area (Å²) in [6, 6.07) is 7.48. The Bertz CT molecular complexity index is 1070. The molecule has 0 saturated carbocycles. The third-order valence-corrected chi connectivity index (χ3v) is 5.23. The molecular formula is C17H12F3N5O2S. The maximum absolute atomic E-state index is 13.3. The van der Waals surface area contributed by atoms with Gasteiger partial charge in [-0.3, -0.25) is 9.89 Å². The van der Waals surface area contributed by atoms with E-state index in [0.29, 0.717) is 28.4 Å². The number of halogens is 3. The zero-order valence-corrected chi connectivity index (χ0v) is 14.7. The van der Waals surface area contributed by atoms with Crippen LogP contribution in [0.3, 0.4) is 0 Å². The number of nitrogens with zero attached hydrogens (tertiary/aromatic N) is 1. The van der Waals surface area contributed by atoms with Crippen molar-refractivity contribution >= 4 is 28.3 Å². The highest BCUT2D eigenvalue weighted by molar-refractivity contribution is 7.83. The summed E-state index contributed by atoms with van der Waals surface area (Å²) < 4.78 is 54.9. The molecule has 28 heavy (non-hydrogen) atoms. The molecule has 7 nitrogen and oxygen atoms in total. The number of nitrogens with one attached hydrogen (secondary N) is 4. The van der Waals surface area contributed by atoms with E-state index < -0.39 is 40.5 Å². The highest BCUT2D eigenvalue weighted by atomic mass is 32.2. The predicted octanol–water partition coefficient (Wildman–Crippen LogP) is 2.82. The zero-order valence-electron chi connectivity index (χ0n) is 13.9. The second-order valence-electron chi connectivity index (χ2n) is 5.89. The number of aromatic nitrogens is 2. The third-order valence-electron chi connectivity index (χ3n) is 4.04. The van der Waals surface area contributed by atoms with Crippen LogP contribution in [0.4, 0.5) is 24.5 Å². The van der Waals surface area contributed by atoms with Gasteiger partial charge in [-0.1, -0.05) is 0 Å². The quantitative estimate of drug-likeness (QED) is 0.502. The first-order valence-corrected chi connectivity index (χ1v) is 9.11. The van der Waals surface area contributed by atoms with E-state index in [2.05, 4.69) is 25.6 Å². The molecule has 2 unspecified atom stereocenters. The van der Waals surface area contributed by atoms with Crippen LogP contribution in [0.2, 0.25) is 0 Å². The zero-order chi connectivity index (χ0) is 19.8. The van der Waals surface area contributed by atoms with Gasteiger partial charge in [-0.15, -0.1) is 0 Å². The minimum Gasteiger partial charge on any atom is -0.363 e. The number of hydrogen-bond donors (Lipinski definition) is 4. The third kappa shape index (κ3) is 3.37. The van der Waals surface area contributed by atoms with Gasteiger partial charge in [0.05, 0.1) is 16.3 Å². The van der Waals surface area contributed by atoms with Gasteiger partial charge in [0.1, 0.15) is 17.2 Å². The lowest BCUT2D eigenvalue weighted by Gasteiger charge is -2.26. The number of H-pyrrole nitrogens is 1. The van der Waals surface area contributed by atoms with Gasteiger partial charge in [-0.2, -0.15) is 5.10 Å². The number of fused-ring (bicyclic) bond motifs is 1. The molecule has 2 heterocycles. The fourth-order valence-corrected chi connectivity index (χ4v) is 3.78. The summed E-state index contributed by atoms with van der Waals surface area (Å²) in [5.74, 6) is -5.15. The van der Waals surface area contributed by atoms with Crippen molar-refractivity contribution in [2.24, 2.45) is 0 Å². The molecule has 1 aliphatic heterocycles. The van der Waals surface area contributed by atoms with Crippen molar-refractivity contribution in [3.05, 3.63) is 71.3 Å². The Hall–Kier alpha value is -3.18. The summed E-state index contributed by atoms with van der Waals surface area (Å²) in [5, 5.41) is 12.0. The first kappa shape index (κ1) is 18.2. The van der Waals surface area contributed by atoms with Crippen molar-refractivity contribution in [1.29, 1.82) is 0 Å². The largest absolute Gasteiger partial charge is 0.363 e. The Balaban J connectivity index is 1.57. The number of anilines is 2. The van der Waals surface area contributed by atoms with Gasteiger partial charge in [0.15, 0.2) is 17.5 Å². The van der Waals surface area contributed by atoms with E-state index in [9.17, 15) is 22.2 Å². The fourth-order valence-electron chi connectivity index (χ4n) is 2.69. The molecule has 144 valence electrons. The number of rotatable bonds is 3. The first-order valence-electron chi connectivity index (χ1n) is 7.96. The van der Waals surface area contributed by atoms with Gasteiger partial charge in [0, 0.05) is 29.6 Å². The van der Waals surface area contributed by atoms with E-state index in [1.807, 2.05) is 0 Å². The Morgan fingerprint density at radius 2 is 1.86 bits per heavy atom. The lowest BCUT2D eigenvalue weighted by molar-refractivity contribution is 0.102. The van der Waals surface area contributed by atoms with Gasteiger partial charge in [-0.25, -0.2) is 22.1 Å². The van der Waals surface area contributed by atoms with Crippen molar-refractivity contribution < 1.29 is 22.2 Å². The molecule has 4 rings (SSSR count). The van der Waals surface area contributed by atoms with E-state index in [1.165, 1.54) is 12.1 Å². The Kier molecular flexibility index (Phi) is 4.61. The molecule has 1 aliphatic rings. The van der Waals surface area contributed by atoms with Crippen LogP contribution >= 0.6 is 0 Å². The smallest absolute Gasteiger partial charge is 0.255 e. The lowest BCUT2D eigenvalue weighted by Crippen LogP contribution is -2.35. The molecule has 0 spiro atoms. The molecule has 0 fully saturated rings. The minimum atomic E-state index is -1.62. The van der Waals surface area contributed by atoms with E-state index in [1.54, 1.807) is 18.3 Å². The van der Waals surface area contributed by atoms with E-state index >= 15 is 0 Å². The first-order chi connectivity index (χ1) is 13.4. The summed E-state index contributed by atoms with van der Waals surface area (Å²) in [5.41, 5.74) is 1.10. The Morgan fingerprint density at radius 3 is 2.54 bits per heavy atom. The molecule has 2 atom stereocenters. The highest BCUT2D eigenvalue weighted by Gasteiger charge is 2.26. The second kappa shape index (κ2) is 7.09. The fraction of sp³-hybridized carbons (Fsp3) is 0.0588. The van der Waals surface area contributed by atoms with Crippen molar-refractivity contribution in [2.45, 2.75) is 11.1 Å². The van der Waals surface area contributed by atoms with Gasteiger partial charge in [0.2, 0.25) is 0 Å². The van der Waals surface area contributed by atoms with Gasteiger partial charge in [-0.05, 0) is 24.3 Å². The summed E-state index contributed by atoms with van der Waals surface area (Å²) in [4.78, 5) is 12.7. The van der Waals surface area contributed by atoms with Crippen LogP contribution < -0.4 is 15.4 Å². The molecule has 3 aromatic rings. The van der Waals surface area contributed by atoms with Crippen molar-refractivity contribution in [3.8, 4) is 0 Å². The average Bonchev–Trinajstić information content (AvgIpc) is 3.20. The summed E-state index contributed by atoms with van der Waals surface area (Å²) >= 11 is 0. The molecule has 0 aliphatic carbocycles. The normalized spacial score (nSPS) is 18.2. The molecule has 0 saturated heterocycles. The molecule has 1 amide bonds. The number of carbonyl (C=O) groups excluding carboxylic acids is 1. The maximum atomic E-state index is 13.3. The number of hydrogen-bond acceptors (Lipinski definition) is 4. The number of carbonyl (C=O) groups is 1. The summed E-state index contributed by atoms with van der Waals surface area (Å²) in [6.45, 7) is 0. The predicted molar refractivity (Wildman–Crippen MR) is 95.2 cm³/mol. The summed E-state index contributed by atoms with van der Waals surface area (Å²) in [7, 11) is -1.62. The molecule has 11 heteroatoms. The molecule has 2 aromatic carbocycles. The summed E-state index contributed by atoms with van der Waals surface area (Å²) in [6.07, 6.45) is 1.10. The average molecular weight is 407 g/mol. The van der Waals surface area contributed by atoms with Crippen molar-refractivity contribution in [1.82, 2.24) is 14.9 Å². The molecule has 4 N–H and O–H groups in total. The van der Waals surface area contributed by atoms with Crippen LogP contribution in [0, 0.1) is 17.5 Å². The highest BCUT2D eigenvalue weighted by Crippen LogP contribution is 2.29. The van der Waals surface area contributed by atoms with Crippen molar-refractivity contribution in [3.63, 3.8) is 0 Å². The van der Waals surface area contributed by atoms with E-state index in [0.717, 1.165) is 0 Å². The second-order valence-corrected chi connectivity index (χ2v) is 7.11. The molecule has 0 bridgehead atoms. The number of benzene rings is 2. The Morgan fingerprint density at radius 1 is 1.11 bits per heavy atom. The van der Waals surface area contributed by atoms with Crippen molar-refractivity contribution in [2.75, 3.05) is 10.6 Å².